The second kappa shape index (κ2) is 5.69. The number of halogens is 3. The molecule has 0 aliphatic carbocycles. The highest BCUT2D eigenvalue weighted by Crippen LogP contribution is 2.34. The zero-order valence-electron chi connectivity index (χ0n) is 9.90. The fourth-order valence-electron chi connectivity index (χ4n) is 1.58. The third-order valence-corrected chi connectivity index (χ3v) is 5.02. The molecule has 0 heterocycles. The summed E-state index contributed by atoms with van der Waals surface area (Å²) < 4.78 is 27.0. The van der Waals surface area contributed by atoms with Gasteiger partial charge in [-0.05, 0) is 24.3 Å². The van der Waals surface area contributed by atoms with Gasteiger partial charge in [0.15, 0.2) is 0 Å². The Kier molecular flexibility index (Phi) is 4.34. The number of para-hydroxylation sites is 1. The van der Waals surface area contributed by atoms with Crippen LogP contribution in [0.2, 0.25) is 15.1 Å². The summed E-state index contributed by atoms with van der Waals surface area (Å²) in [4.78, 5) is -0.241. The van der Waals surface area contributed by atoms with E-state index >= 15 is 0 Å². The smallest absolute Gasteiger partial charge is 0.264 e. The van der Waals surface area contributed by atoms with E-state index in [1.807, 2.05) is 0 Å². The number of anilines is 2. The lowest BCUT2D eigenvalue weighted by Crippen LogP contribution is -2.14. The van der Waals surface area contributed by atoms with Gasteiger partial charge in [0.05, 0.1) is 20.8 Å². The van der Waals surface area contributed by atoms with Gasteiger partial charge in [0.1, 0.15) is 4.90 Å². The maximum atomic E-state index is 12.3. The number of hydrogen-bond acceptors (Lipinski definition) is 3. The Bertz CT molecular complexity index is 740. The number of rotatable bonds is 3. The summed E-state index contributed by atoms with van der Waals surface area (Å²) in [7, 11) is -3.97. The molecule has 0 aliphatic heterocycles. The summed E-state index contributed by atoms with van der Waals surface area (Å²) in [6.45, 7) is 0. The van der Waals surface area contributed by atoms with Crippen molar-refractivity contribution in [2.45, 2.75) is 4.90 Å². The SMILES string of the molecule is Nc1cc(Cl)c(S(=O)(=O)Nc2ccccc2Cl)c(Cl)c1. The molecule has 0 unspecified atom stereocenters. The first kappa shape index (κ1) is 15.3. The minimum Gasteiger partial charge on any atom is -0.399 e. The summed E-state index contributed by atoms with van der Waals surface area (Å²) in [5.74, 6) is 0. The zero-order valence-corrected chi connectivity index (χ0v) is 13.0. The van der Waals surface area contributed by atoms with Gasteiger partial charge in [0.2, 0.25) is 0 Å². The van der Waals surface area contributed by atoms with Crippen molar-refractivity contribution in [3.05, 3.63) is 51.5 Å². The van der Waals surface area contributed by atoms with Crippen LogP contribution < -0.4 is 10.5 Å². The molecule has 0 atom stereocenters. The lowest BCUT2D eigenvalue weighted by molar-refractivity contribution is 0.601. The Morgan fingerprint density at radius 3 is 2.05 bits per heavy atom. The maximum absolute atomic E-state index is 12.3. The molecule has 0 fully saturated rings. The first-order valence-electron chi connectivity index (χ1n) is 5.33. The molecular weight excluding hydrogens is 343 g/mol. The van der Waals surface area contributed by atoms with E-state index in [9.17, 15) is 8.42 Å². The Morgan fingerprint density at radius 2 is 1.50 bits per heavy atom. The van der Waals surface area contributed by atoms with Crippen molar-refractivity contribution >= 4 is 56.2 Å². The van der Waals surface area contributed by atoms with Gasteiger partial charge in [-0.2, -0.15) is 0 Å². The van der Waals surface area contributed by atoms with Crippen molar-refractivity contribution in [3.8, 4) is 0 Å². The van der Waals surface area contributed by atoms with Crippen LogP contribution in [0.3, 0.4) is 0 Å². The van der Waals surface area contributed by atoms with Crippen LogP contribution in [0.5, 0.6) is 0 Å². The topological polar surface area (TPSA) is 72.2 Å². The van der Waals surface area contributed by atoms with Gasteiger partial charge < -0.3 is 5.73 Å². The Hall–Kier alpha value is -1.14. The van der Waals surface area contributed by atoms with Crippen molar-refractivity contribution in [1.29, 1.82) is 0 Å². The highest BCUT2D eigenvalue weighted by atomic mass is 35.5. The fourth-order valence-corrected chi connectivity index (χ4v) is 4.13. The van der Waals surface area contributed by atoms with Crippen molar-refractivity contribution in [2.24, 2.45) is 0 Å². The quantitative estimate of drug-likeness (QED) is 0.820. The lowest BCUT2D eigenvalue weighted by Gasteiger charge is -2.12. The standard InChI is InChI=1S/C12H9Cl3N2O2S/c13-8-3-1-2-4-11(8)17-20(18,19)12-9(14)5-7(16)6-10(12)15/h1-6,17H,16H2. The molecule has 8 heteroatoms. The van der Waals surface area contributed by atoms with Gasteiger partial charge in [0, 0.05) is 5.69 Å². The largest absolute Gasteiger partial charge is 0.399 e. The molecule has 0 saturated carbocycles. The van der Waals surface area contributed by atoms with Gasteiger partial charge in [0.25, 0.3) is 10.0 Å². The van der Waals surface area contributed by atoms with Crippen molar-refractivity contribution in [3.63, 3.8) is 0 Å². The van der Waals surface area contributed by atoms with Crippen LogP contribution >= 0.6 is 34.8 Å². The monoisotopic (exact) mass is 350 g/mol. The predicted octanol–water partition coefficient (Wildman–Crippen LogP) is 4.03. The number of nitrogens with one attached hydrogen (secondary N) is 1. The van der Waals surface area contributed by atoms with E-state index in [0.29, 0.717) is 0 Å². The molecule has 20 heavy (non-hydrogen) atoms. The van der Waals surface area contributed by atoms with E-state index in [-0.39, 0.29) is 31.3 Å². The van der Waals surface area contributed by atoms with Crippen LogP contribution in [-0.4, -0.2) is 8.42 Å². The van der Waals surface area contributed by atoms with E-state index < -0.39 is 10.0 Å². The van der Waals surface area contributed by atoms with Crippen LogP contribution in [0.4, 0.5) is 11.4 Å². The number of nitrogen functional groups attached to an aromatic ring is 1. The fraction of sp³-hybridized carbons (Fsp3) is 0. The van der Waals surface area contributed by atoms with E-state index in [0.717, 1.165) is 0 Å². The van der Waals surface area contributed by atoms with Crippen LogP contribution in [0.25, 0.3) is 0 Å². The molecule has 0 bridgehead atoms. The minimum absolute atomic E-state index is 0.0606. The van der Waals surface area contributed by atoms with Gasteiger partial charge >= 0.3 is 0 Å². The number of nitrogens with two attached hydrogens (primary N) is 1. The number of hydrogen-bond donors (Lipinski definition) is 2. The molecule has 4 nitrogen and oxygen atoms in total. The number of sulfonamides is 1. The van der Waals surface area contributed by atoms with E-state index in [4.69, 9.17) is 40.5 Å². The van der Waals surface area contributed by atoms with Crippen LogP contribution in [0, 0.1) is 0 Å². The molecule has 0 amide bonds. The van der Waals surface area contributed by atoms with Gasteiger partial charge in [-0.15, -0.1) is 0 Å². The van der Waals surface area contributed by atoms with Crippen molar-refractivity contribution in [2.75, 3.05) is 10.5 Å². The molecule has 0 aromatic heterocycles. The van der Waals surface area contributed by atoms with Crippen molar-refractivity contribution in [1.82, 2.24) is 0 Å². The number of benzene rings is 2. The molecule has 2 aromatic carbocycles. The normalized spacial score (nSPS) is 11.3. The average molecular weight is 352 g/mol. The minimum atomic E-state index is -3.97. The Balaban J connectivity index is 2.50. The molecule has 2 rings (SSSR count). The molecule has 106 valence electrons. The third kappa shape index (κ3) is 3.12. The molecule has 2 aromatic rings. The predicted molar refractivity (Wildman–Crippen MR) is 83.1 cm³/mol. The van der Waals surface area contributed by atoms with Crippen LogP contribution in [0.15, 0.2) is 41.3 Å². The van der Waals surface area contributed by atoms with Gasteiger partial charge in [-0.1, -0.05) is 46.9 Å². The summed E-state index contributed by atoms with van der Waals surface area (Å²) in [5.41, 5.74) is 6.05. The summed E-state index contributed by atoms with van der Waals surface area (Å²) in [6, 6.07) is 9.05. The summed E-state index contributed by atoms with van der Waals surface area (Å²) in [6.07, 6.45) is 0. The van der Waals surface area contributed by atoms with Gasteiger partial charge in [-0.3, -0.25) is 4.72 Å². The highest BCUT2D eigenvalue weighted by molar-refractivity contribution is 7.93. The lowest BCUT2D eigenvalue weighted by atomic mass is 10.3. The highest BCUT2D eigenvalue weighted by Gasteiger charge is 2.23. The molecule has 0 aliphatic rings. The van der Waals surface area contributed by atoms with E-state index in [2.05, 4.69) is 4.72 Å². The molecule has 3 N–H and O–H groups in total. The van der Waals surface area contributed by atoms with E-state index in [1.165, 1.54) is 18.2 Å². The van der Waals surface area contributed by atoms with Crippen LogP contribution in [0.1, 0.15) is 0 Å². The molecule has 0 spiro atoms. The van der Waals surface area contributed by atoms with Crippen LogP contribution in [-0.2, 0) is 10.0 Å². The van der Waals surface area contributed by atoms with Crippen molar-refractivity contribution < 1.29 is 8.42 Å². The summed E-state index contributed by atoms with van der Waals surface area (Å²) in [5, 5.41) is 0.142. The average Bonchev–Trinajstić information content (AvgIpc) is 2.30. The first-order valence-corrected chi connectivity index (χ1v) is 7.95. The second-order valence-corrected chi connectivity index (χ2v) is 6.74. The van der Waals surface area contributed by atoms with Gasteiger partial charge in [-0.25, -0.2) is 8.42 Å². The van der Waals surface area contributed by atoms with E-state index in [1.54, 1.807) is 18.2 Å². The second-order valence-electron chi connectivity index (χ2n) is 3.90. The Labute approximate surface area is 131 Å². The first-order chi connectivity index (χ1) is 9.31. The molecular formula is C12H9Cl3N2O2S. The Morgan fingerprint density at radius 1 is 0.950 bits per heavy atom. The maximum Gasteiger partial charge on any atom is 0.264 e. The third-order valence-electron chi connectivity index (χ3n) is 2.41. The molecule has 0 saturated heterocycles. The zero-order chi connectivity index (χ0) is 14.9. The summed E-state index contributed by atoms with van der Waals surface area (Å²) >= 11 is 17.7. The molecule has 0 radical (unpaired) electrons.